The van der Waals surface area contributed by atoms with Gasteiger partial charge in [0.15, 0.2) is 0 Å². The molecule has 1 aromatic rings. The first-order valence-corrected chi connectivity index (χ1v) is 6.12. The molecule has 0 atom stereocenters. The molecule has 0 radical (unpaired) electrons. The molecule has 0 aromatic carbocycles. The molecule has 0 spiro atoms. The fourth-order valence-electron chi connectivity index (χ4n) is 1.55. The van der Waals surface area contributed by atoms with E-state index in [1.807, 2.05) is 18.2 Å². The molecule has 14 heavy (non-hydrogen) atoms. The molecule has 0 saturated carbocycles. The van der Waals surface area contributed by atoms with Crippen LogP contribution in [0.5, 0.6) is 0 Å². The summed E-state index contributed by atoms with van der Waals surface area (Å²) in [6, 6.07) is 5.91. The predicted octanol–water partition coefficient (Wildman–Crippen LogP) is 1.41. The van der Waals surface area contributed by atoms with Crippen molar-refractivity contribution in [2.24, 2.45) is 0 Å². The molecule has 0 aliphatic rings. The van der Waals surface area contributed by atoms with Crippen molar-refractivity contribution in [1.82, 2.24) is 4.98 Å². The van der Waals surface area contributed by atoms with E-state index in [0.717, 1.165) is 5.69 Å². The van der Waals surface area contributed by atoms with Crippen molar-refractivity contribution in [2.45, 2.75) is 18.9 Å². The maximum Gasteiger partial charge on any atom is 0.332 e. The standard InChI is InChI=1S/C10H17NO2Si/c1-10(2,14(12-3)13-4)9-7-5-6-8-11-9/h5-8,14H,1-4H3. The quantitative estimate of drug-likeness (QED) is 0.706. The molecule has 0 fully saturated rings. The largest absolute Gasteiger partial charge is 0.399 e. The summed E-state index contributed by atoms with van der Waals surface area (Å²) in [5.74, 6) is 0. The maximum absolute atomic E-state index is 5.40. The summed E-state index contributed by atoms with van der Waals surface area (Å²) < 4.78 is 10.8. The summed E-state index contributed by atoms with van der Waals surface area (Å²) in [6.07, 6.45) is 1.80. The van der Waals surface area contributed by atoms with Crippen LogP contribution in [0.4, 0.5) is 0 Å². The van der Waals surface area contributed by atoms with E-state index < -0.39 is 9.28 Å². The molecule has 0 aliphatic carbocycles. The van der Waals surface area contributed by atoms with Gasteiger partial charge in [0, 0.05) is 31.1 Å². The molecule has 0 N–H and O–H groups in total. The van der Waals surface area contributed by atoms with Crippen LogP contribution in [0.25, 0.3) is 0 Å². The van der Waals surface area contributed by atoms with Crippen molar-refractivity contribution < 1.29 is 8.85 Å². The molecule has 0 unspecified atom stereocenters. The number of pyridine rings is 1. The Morgan fingerprint density at radius 3 is 2.29 bits per heavy atom. The van der Waals surface area contributed by atoms with Gasteiger partial charge in [-0.05, 0) is 12.1 Å². The minimum Gasteiger partial charge on any atom is -0.399 e. The number of nitrogens with zero attached hydrogens (tertiary/aromatic N) is 1. The monoisotopic (exact) mass is 211 g/mol. The smallest absolute Gasteiger partial charge is 0.332 e. The third-order valence-electron chi connectivity index (χ3n) is 2.34. The zero-order valence-corrected chi connectivity index (χ0v) is 10.3. The molecular weight excluding hydrogens is 194 g/mol. The van der Waals surface area contributed by atoms with E-state index in [2.05, 4.69) is 18.8 Å². The van der Waals surface area contributed by atoms with Gasteiger partial charge >= 0.3 is 9.28 Å². The van der Waals surface area contributed by atoms with Crippen LogP contribution in [0.15, 0.2) is 24.4 Å². The van der Waals surface area contributed by atoms with E-state index in [9.17, 15) is 0 Å². The van der Waals surface area contributed by atoms with Crippen LogP contribution in [-0.2, 0) is 13.9 Å². The van der Waals surface area contributed by atoms with Crippen LogP contribution >= 0.6 is 0 Å². The Balaban J connectivity index is 2.94. The van der Waals surface area contributed by atoms with E-state index >= 15 is 0 Å². The fraction of sp³-hybridized carbons (Fsp3) is 0.500. The molecule has 78 valence electrons. The van der Waals surface area contributed by atoms with Gasteiger partial charge in [0.2, 0.25) is 0 Å². The summed E-state index contributed by atoms with van der Waals surface area (Å²) in [5, 5.41) is -0.106. The summed E-state index contributed by atoms with van der Waals surface area (Å²) in [7, 11) is 1.71. The van der Waals surface area contributed by atoms with Gasteiger partial charge in [0.25, 0.3) is 0 Å². The minimum absolute atomic E-state index is 0.106. The second-order valence-electron chi connectivity index (χ2n) is 3.74. The third-order valence-corrected chi connectivity index (χ3v) is 4.67. The third kappa shape index (κ3) is 2.20. The second kappa shape index (κ2) is 4.68. The van der Waals surface area contributed by atoms with Crippen LogP contribution < -0.4 is 0 Å². The molecule has 0 bridgehead atoms. The van der Waals surface area contributed by atoms with Crippen LogP contribution in [0, 0.1) is 0 Å². The maximum atomic E-state index is 5.40. The first-order chi connectivity index (χ1) is 6.62. The Bertz CT molecular complexity index is 273. The highest BCUT2D eigenvalue weighted by Crippen LogP contribution is 2.24. The molecule has 1 rings (SSSR count). The zero-order chi connectivity index (χ0) is 10.6. The number of rotatable bonds is 4. The van der Waals surface area contributed by atoms with Gasteiger partial charge in [-0.1, -0.05) is 19.9 Å². The molecule has 0 amide bonds. The average Bonchev–Trinajstić information content (AvgIpc) is 2.20. The lowest BCUT2D eigenvalue weighted by Crippen LogP contribution is -2.42. The van der Waals surface area contributed by atoms with Gasteiger partial charge < -0.3 is 8.85 Å². The van der Waals surface area contributed by atoms with Crippen LogP contribution in [0.3, 0.4) is 0 Å². The Hall–Kier alpha value is -0.713. The van der Waals surface area contributed by atoms with E-state index in [1.54, 1.807) is 20.4 Å². The van der Waals surface area contributed by atoms with Crippen molar-refractivity contribution in [3.63, 3.8) is 0 Å². The van der Waals surface area contributed by atoms with Crippen LogP contribution in [0.1, 0.15) is 19.5 Å². The van der Waals surface area contributed by atoms with Crippen molar-refractivity contribution in [1.29, 1.82) is 0 Å². The second-order valence-corrected chi connectivity index (χ2v) is 6.79. The Morgan fingerprint density at radius 1 is 1.21 bits per heavy atom. The van der Waals surface area contributed by atoms with Crippen molar-refractivity contribution >= 4 is 9.28 Å². The van der Waals surface area contributed by atoms with E-state index in [0.29, 0.717) is 0 Å². The first kappa shape index (κ1) is 11.4. The van der Waals surface area contributed by atoms with Crippen LogP contribution in [0.2, 0.25) is 0 Å². The highest BCUT2D eigenvalue weighted by molar-refractivity contribution is 6.48. The van der Waals surface area contributed by atoms with Crippen molar-refractivity contribution in [3.8, 4) is 0 Å². The van der Waals surface area contributed by atoms with Gasteiger partial charge in [-0.2, -0.15) is 0 Å². The summed E-state index contributed by atoms with van der Waals surface area (Å²) >= 11 is 0. The Kier molecular flexibility index (Phi) is 3.80. The van der Waals surface area contributed by atoms with Crippen LogP contribution in [-0.4, -0.2) is 28.5 Å². The first-order valence-electron chi connectivity index (χ1n) is 4.60. The number of aromatic nitrogens is 1. The fourth-order valence-corrected chi connectivity index (χ4v) is 3.33. The lowest BCUT2D eigenvalue weighted by atomic mass is 10.1. The van der Waals surface area contributed by atoms with Crippen molar-refractivity contribution in [2.75, 3.05) is 14.2 Å². The molecule has 0 aliphatic heterocycles. The zero-order valence-electron chi connectivity index (χ0n) is 9.15. The van der Waals surface area contributed by atoms with Gasteiger partial charge in [-0.15, -0.1) is 0 Å². The minimum atomic E-state index is -1.69. The van der Waals surface area contributed by atoms with E-state index in [1.165, 1.54) is 0 Å². The SMILES string of the molecule is CO[SiH](OC)C(C)(C)c1ccccn1. The summed E-state index contributed by atoms with van der Waals surface area (Å²) in [5.41, 5.74) is 1.03. The molecular formula is C10H17NO2Si. The Morgan fingerprint density at radius 2 is 1.86 bits per heavy atom. The van der Waals surface area contributed by atoms with Gasteiger partial charge in [-0.3, -0.25) is 4.98 Å². The van der Waals surface area contributed by atoms with Crippen molar-refractivity contribution in [3.05, 3.63) is 30.1 Å². The highest BCUT2D eigenvalue weighted by Gasteiger charge is 2.35. The number of hydrogen-bond donors (Lipinski definition) is 0. The predicted molar refractivity (Wildman–Crippen MR) is 58.4 cm³/mol. The molecule has 0 saturated heterocycles. The lowest BCUT2D eigenvalue weighted by Gasteiger charge is -2.29. The number of hydrogen-bond acceptors (Lipinski definition) is 3. The summed E-state index contributed by atoms with van der Waals surface area (Å²) in [6.45, 7) is 4.22. The van der Waals surface area contributed by atoms with Gasteiger partial charge in [0.1, 0.15) is 0 Å². The summed E-state index contributed by atoms with van der Waals surface area (Å²) in [4.78, 5) is 4.34. The van der Waals surface area contributed by atoms with Gasteiger partial charge in [0.05, 0.1) is 0 Å². The Labute approximate surface area is 86.9 Å². The highest BCUT2D eigenvalue weighted by atomic mass is 28.3. The molecule has 1 aromatic heterocycles. The topological polar surface area (TPSA) is 31.4 Å². The van der Waals surface area contributed by atoms with Gasteiger partial charge in [-0.25, -0.2) is 0 Å². The van der Waals surface area contributed by atoms with E-state index in [-0.39, 0.29) is 5.04 Å². The molecule has 3 nitrogen and oxygen atoms in total. The average molecular weight is 211 g/mol. The molecule has 1 heterocycles. The normalized spacial score (nSPS) is 12.1. The van der Waals surface area contributed by atoms with E-state index in [4.69, 9.17) is 8.85 Å². The lowest BCUT2D eigenvalue weighted by molar-refractivity contribution is 0.248. The molecule has 4 heteroatoms.